The highest BCUT2D eigenvalue weighted by Gasteiger charge is 2.21. The number of amides is 1. The van der Waals surface area contributed by atoms with Crippen molar-refractivity contribution in [2.45, 2.75) is 20.3 Å². The normalized spacial score (nSPS) is 14.9. The Kier molecular flexibility index (Phi) is 5.13. The van der Waals surface area contributed by atoms with E-state index in [1.807, 2.05) is 29.5 Å². The fourth-order valence-electron chi connectivity index (χ4n) is 2.98. The predicted octanol–water partition coefficient (Wildman–Crippen LogP) is 2.77. The SMILES string of the molecule is Cc1nn(-c2ccc(Cl)c(Cl)c2)c(C)c1CC(=O)N1CCNCC1. The molecule has 1 aliphatic heterocycles. The number of piperazine rings is 1. The Hall–Kier alpha value is -1.56. The summed E-state index contributed by atoms with van der Waals surface area (Å²) in [5.41, 5.74) is 3.63. The Morgan fingerprint density at radius 1 is 1.21 bits per heavy atom. The number of aryl methyl sites for hydroxylation is 1. The number of aromatic nitrogens is 2. The van der Waals surface area contributed by atoms with Crippen molar-refractivity contribution in [3.05, 3.63) is 45.2 Å². The molecule has 1 saturated heterocycles. The van der Waals surface area contributed by atoms with Crippen molar-refractivity contribution in [2.75, 3.05) is 26.2 Å². The van der Waals surface area contributed by atoms with Gasteiger partial charge in [-0.2, -0.15) is 5.10 Å². The highest BCUT2D eigenvalue weighted by Crippen LogP contribution is 2.26. The van der Waals surface area contributed by atoms with E-state index in [4.69, 9.17) is 23.2 Å². The molecule has 2 aromatic rings. The first-order valence-electron chi connectivity index (χ1n) is 7.96. The molecule has 0 bridgehead atoms. The van der Waals surface area contributed by atoms with E-state index in [0.717, 1.165) is 48.8 Å². The first kappa shape index (κ1) is 17.3. The topological polar surface area (TPSA) is 50.2 Å². The van der Waals surface area contributed by atoms with Crippen LogP contribution in [0.25, 0.3) is 5.69 Å². The molecule has 3 rings (SSSR count). The van der Waals surface area contributed by atoms with Crippen molar-refractivity contribution < 1.29 is 4.79 Å². The second-order valence-electron chi connectivity index (χ2n) is 5.97. The molecule has 1 aromatic carbocycles. The lowest BCUT2D eigenvalue weighted by atomic mass is 10.1. The van der Waals surface area contributed by atoms with Crippen LogP contribution in [-0.4, -0.2) is 46.8 Å². The number of hydrogen-bond donors (Lipinski definition) is 1. The minimum absolute atomic E-state index is 0.149. The summed E-state index contributed by atoms with van der Waals surface area (Å²) in [5.74, 6) is 0.149. The number of benzene rings is 1. The second kappa shape index (κ2) is 7.13. The fraction of sp³-hybridized carbons (Fsp3) is 0.412. The summed E-state index contributed by atoms with van der Waals surface area (Å²) in [6.45, 7) is 7.14. The molecule has 0 radical (unpaired) electrons. The molecule has 5 nitrogen and oxygen atoms in total. The van der Waals surface area contributed by atoms with Gasteiger partial charge in [-0.3, -0.25) is 4.79 Å². The van der Waals surface area contributed by atoms with Gasteiger partial charge < -0.3 is 10.2 Å². The molecule has 0 saturated carbocycles. The van der Waals surface area contributed by atoms with Crippen LogP contribution in [0, 0.1) is 13.8 Å². The third kappa shape index (κ3) is 3.43. The van der Waals surface area contributed by atoms with Gasteiger partial charge in [-0.1, -0.05) is 23.2 Å². The second-order valence-corrected chi connectivity index (χ2v) is 6.78. The Morgan fingerprint density at radius 2 is 1.92 bits per heavy atom. The molecule has 1 aliphatic rings. The zero-order valence-corrected chi connectivity index (χ0v) is 15.3. The molecule has 0 unspecified atom stereocenters. The third-order valence-electron chi connectivity index (χ3n) is 4.39. The lowest BCUT2D eigenvalue weighted by molar-refractivity contribution is -0.131. The molecule has 0 spiro atoms. The van der Waals surface area contributed by atoms with Crippen LogP contribution in [0.2, 0.25) is 10.0 Å². The van der Waals surface area contributed by atoms with E-state index < -0.39 is 0 Å². The summed E-state index contributed by atoms with van der Waals surface area (Å²) in [4.78, 5) is 14.4. The van der Waals surface area contributed by atoms with Crippen molar-refractivity contribution in [3.8, 4) is 5.69 Å². The largest absolute Gasteiger partial charge is 0.340 e. The fourth-order valence-corrected chi connectivity index (χ4v) is 3.27. The first-order chi connectivity index (χ1) is 11.5. The molecule has 128 valence electrons. The van der Waals surface area contributed by atoms with Gasteiger partial charge in [0.2, 0.25) is 5.91 Å². The monoisotopic (exact) mass is 366 g/mol. The number of carbonyl (C=O) groups is 1. The van der Waals surface area contributed by atoms with Gasteiger partial charge in [0.1, 0.15) is 0 Å². The summed E-state index contributed by atoms with van der Waals surface area (Å²) in [6, 6.07) is 5.40. The van der Waals surface area contributed by atoms with Crippen LogP contribution in [-0.2, 0) is 11.2 Å². The first-order valence-corrected chi connectivity index (χ1v) is 8.72. The predicted molar refractivity (Wildman–Crippen MR) is 96.2 cm³/mol. The molecule has 1 aromatic heterocycles. The minimum atomic E-state index is 0.149. The van der Waals surface area contributed by atoms with E-state index in [-0.39, 0.29) is 5.91 Å². The lowest BCUT2D eigenvalue weighted by Crippen LogP contribution is -2.47. The van der Waals surface area contributed by atoms with Gasteiger partial charge in [0, 0.05) is 37.4 Å². The molecule has 2 heterocycles. The number of hydrogen-bond acceptors (Lipinski definition) is 3. The molecular formula is C17H20Cl2N4O. The molecule has 1 fully saturated rings. The maximum Gasteiger partial charge on any atom is 0.227 e. The summed E-state index contributed by atoms with van der Waals surface area (Å²) in [5, 5.41) is 8.84. The van der Waals surface area contributed by atoms with Crippen molar-refractivity contribution in [1.82, 2.24) is 20.0 Å². The Labute approximate surface area is 151 Å². The zero-order chi connectivity index (χ0) is 17.3. The minimum Gasteiger partial charge on any atom is -0.340 e. The van der Waals surface area contributed by atoms with E-state index in [2.05, 4.69) is 10.4 Å². The third-order valence-corrected chi connectivity index (χ3v) is 5.13. The molecule has 1 N–H and O–H groups in total. The van der Waals surface area contributed by atoms with Gasteiger partial charge in [-0.05, 0) is 32.0 Å². The standard InChI is InChI=1S/C17H20Cl2N4O/c1-11-14(10-17(24)22-7-5-20-6-8-22)12(2)23(21-11)13-3-4-15(18)16(19)9-13/h3-4,9,20H,5-8,10H2,1-2H3. The van der Waals surface area contributed by atoms with Gasteiger partial charge in [-0.25, -0.2) is 4.68 Å². The van der Waals surface area contributed by atoms with Crippen molar-refractivity contribution in [2.24, 2.45) is 0 Å². The molecule has 0 aliphatic carbocycles. The molecule has 0 atom stereocenters. The number of nitrogens with zero attached hydrogens (tertiary/aromatic N) is 3. The number of halogens is 2. The zero-order valence-electron chi connectivity index (χ0n) is 13.8. The van der Waals surface area contributed by atoms with Crippen molar-refractivity contribution in [1.29, 1.82) is 0 Å². The highest BCUT2D eigenvalue weighted by molar-refractivity contribution is 6.42. The van der Waals surface area contributed by atoms with Gasteiger partial charge in [0.05, 0.1) is 27.8 Å². The van der Waals surface area contributed by atoms with Crippen LogP contribution in [0.3, 0.4) is 0 Å². The van der Waals surface area contributed by atoms with Gasteiger partial charge >= 0.3 is 0 Å². The molecular weight excluding hydrogens is 347 g/mol. The molecule has 24 heavy (non-hydrogen) atoms. The maximum absolute atomic E-state index is 12.5. The van der Waals surface area contributed by atoms with Crippen LogP contribution < -0.4 is 5.32 Å². The van der Waals surface area contributed by atoms with E-state index in [9.17, 15) is 4.79 Å². The van der Waals surface area contributed by atoms with E-state index in [1.165, 1.54) is 0 Å². The molecule has 7 heteroatoms. The average molecular weight is 367 g/mol. The van der Waals surface area contributed by atoms with Gasteiger partial charge in [0.15, 0.2) is 0 Å². The van der Waals surface area contributed by atoms with Crippen molar-refractivity contribution >= 4 is 29.1 Å². The molecule has 1 amide bonds. The van der Waals surface area contributed by atoms with Gasteiger partial charge in [0.25, 0.3) is 0 Å². The van der Waals surface area contributed by atoms with E-state index in [1.54, 1.807) is 12.1 Å². The van der Waals surface area contributed by atoms with Crippen LogP contribution in [0.4, 0.5) is 0 Å². The highest BCUT2D eigenvalue weighted by atomic mass is 35.5. The van der Waals surface area contributed by atoms with E-state index in [0.29, 0.717) is 16.5 Å². The summed E-state index contributed by atoms with van der Waals surface area (Å²) < 4.78 is 1.82. The summed E-state index contributed by atoms with van der Waals surface area (Å²) >= 11 is 12.1. The Morgan fingerprint density at radius 3 is 2.58 bits per heavy atom. The van der Waals surface area contributed by atoms with Crippen LogP contribution in [0.15, 0.2) is 18.2 Å². The van der Waals surface area contributed by atoms with Crippen LogP contribution in [0.1, 0.15) is 17.0 Å². The lowest BCUT2D eigenvalue weighted by Gasteiger charge is -2.27. The average Bonchev–Trinajstić information content (AvgIpc) is 2.86. The van der Waals surface area contributed by atoms with Crippen LogP contribution >= 0.6 is 23.2 Å². The maximum atomic E-state index is 12.5. The van der Waals surface area contributed by atoms with Crippen molar-refractivity contribution in [3.63, 3.8) is 0 Å². The Bertz CT molecular complexity index is 766. The quantitative estimate of drug-likeness (QED) is 0.908. The number of nitrogens with one attached hydrogen (secondary N) is 1. The summed E-state index contributed by atoms with van der Waals surface area (Å²) in [6.07, 6.45) is 0.374. The Balaban J connectivity index is 1.86. The number of rotatable bonds is 3. The number of carbonyl (C=O) groups excluding carboxylic acids is 1. The van der Waals surface area contributed by atoms with E-state index >= 15 is 0 Å². The summed E-state index contributed by atoms with van der Waals surface area (Å²) in [7, 11) is 0. The van der Waals surface area contributed by atoms with Crippen LogP contribution in [0.5, 0.6) is 0 Å². The smallest absolute Gasteiger partial charge is 0.227 e. The van der Waals surface area contributed by atoms with Gasteiger partial charge in [-0.15, -0.1) is 0 Å².